The summed E-state index contributed by atoms with van der Waals surface area (Å²) in [6.07, 6.45) is 10.5. The van der Waals surface area contributed by atoms with Crippen molar-refractivity contribution in [3.05, 3.63) is 35.9 Å². The van der Waals surface area contributed by atoms with Crippen molar-refractivity contribution in [1.29, 1.82) is 0 Å². The lowest BCUT2D eigenvalue weighted by Gasteiger charge is -2.40. The van der Waals surface area contributed by atoms with E-state index in [0.29, 0.717) is 25.7 Å². The maximum absolute atomic E-state index is 13.5. The molecule has 1 aliphatic carbocycles. The number of rotatable bonds is 11. The maximum Gasteiger partial charge on any atom is 0.320 e. The molecule has 33 heavy (non-hydrogen) atoms. The Hall–Kier alpha value is -1.63. The van der Waals surface area contributed by atoms with Crippen molar-refractivity contribution in [2.45, 2.75) is 69.9 Å². The van der Waals surface area contributed by atoms with Crippen LogP contribution in [0.2, 0.25) is 0 Å². The largest absolute Gasteiger partial charge is 0.385 e. The van der Waals surface area contributed by atoms with Crippen LogP contribution in [0.4, 0.5) is 4.79 Å². The molecule has 0 spiro atoms. The number of methoxy groups -OCH3 is 1. The molecule has 3 atom stereocenters. The van der Waals surface area contributed by atoms with Gasteiger partial charge in [0.2, 0.25) is 0 Å². The number of nitrogens with zero attached hydrogens (tertiary/aromatic N) is 2. The van der Waals surface area contributed by atoms with E-state index < -0.39 is 0 Å². The molecule has 1 heterocycles. The average molecular weight is 460 g/mol. The molecule has 6 heteroatoms. The van der Waals surface area contributed by atoms with E-state index in [2.05, 4.69) is 24.3 Å². The van der Waals surface area contributed by atoms with Crippen molar-refractivity contribution in [2.24, 2.45) is 17.6 Å². The lowest BCUT2D eigenvalue weighted by Crippen LogP contribution is -2.52. The highest BCUT2D eigenvalue weighted by atomic mass is 16.5. The van der Waals surface area contributed by atoms with Gasteiger partial charge in [-0.05, 0) is 37.2 Å². The first-order valence-corrected chi connectivity index (χ1v) is 13.0. The minimum atomic E-state index is -0.00323. The monoisotopic (exact) mass is 459 g/mol. The van der Waals surface area contributed by atoms with Crippen molar-refractivity contribution in [1.82, 2.24) is 9.80 Å². The molecular weight excluding hydrogens is 414 g/mol. The van der Waals surface area contributed by atoms with Gasteiger partial charge in [0.25, 0.3) is 0 Å². The molecule has 3 rings (SSSR count). The van der Waals surface area contributed by atoms with E-state index in [0.717, 1.165) is 38.8 Å². The molecule has 1 saturated carbocycles. The molecule has 6 nitrogen and oxygen atoms in total. The summed E-state index contributed by atoms with van der Waals surface area (Å²) in [4.78, 5) is 17.4. The zero-order valence-electron chi connectivity index (χ0n) is 20.8. The molecule has 2 aliphatic rings. The van der Waals surface area contributed by atoms with Crippen LogP contribution in [0.15, 0.2) is 30.3 Å². The fraction of sp³-hybridized carbons (Fsp3) is 0.741. The van der Waals surface area contributed by atoms with Gasteiger partial charge in [0.15, 0.2) is 0 Å². The molecule has 2 fully saturated rings. The van der Waals surface area contributed by atoms with Crippen LogP contribution in [-0.4, -0.2) is 68.9 Å². The second kappa shape index (κ2) is 13.9. The normalized spacial score (nSPS) is 21.5. The quantitative estimate of drug-likeness (QED) is 0.481. The Balaban J connectivity index is 1.62. The fourth-order valence-electron chi connectivity index (χ4n) is 5.59. The standard InChI is InChI=1S/C27H45N3O3/c1-29(25(20-28)19-22-11-5-3-6-12-22)27(31)30-16-9-15-24(21-30)26(33-18-10-17-32-2)23-13-7-4-8-14-23/h4,7-8,13-14,22,24-26H,3,5-6,9-12,15-21,28H2,1-2H3/t24-,25+,26?/m1/s1. The SMILES string of the molecule is COCCCOC(c1ccccc1)[C@@H]1CCCN(C(=O)N(C)[C@H](CN)CC2CCCCC2)C1. The van der Waals surface area contributed by atoms with Crippen LogP contribution in [-0.2, 0) is 9.47 Å². The summed E-state index contributed by atoms with van der Waals surface area (Å²) in [6.45, 7) is 3.43. The smallest absolute Gasteiger partial charge is 0.320 e. The molecule has 2 amide bonds. The van der Waals surface area contributed by atoms with Gasteiger partial charge in [0, 0.05) is 59.0 Å². The molecule has 1 saturated heterocycles. The van der Waals surface area contributed by atoms with Crippen molar-refractivity contribution in [3.8, 4) is 0 Å². The second-order valence-electron chi connectivity index (χ2n) is 9.92. The van der Waals surface area contributed by atoms with Crippen molar-refractivity contribution in [3.63, 3.8) is 0 Å². The number of ether oxygens (including phenoxy) is 2. The number of carbonyl (C=O) groups is 1. The molecule has 2 N–H and O–H groups in total. The molecule has 0 bridgehead atoms. The summed E-state index contributed by atoms with van der Waals surface area (Å²) in [5.74, 6) is 0.996. The molecule has 1 unspecified atom stereocenters. The van der Waals surface area contributed by atoms with Gasteiger partial charge in [0.1, 0.15) is 0 Å². The van der Waals surface area contributed by atoms with E-state index >= 15 is 0 Å². The van der Waals surface area contributed by atoms with Gasteiger partial charge in [-0.15, -0.1) is 0 Å². The maximum atomic E-state index is 13.5. The van der Waals surface area contributed by atoms with Gasteiger partial charge >= 0.3 is 6.03 Å². The molecule has 1 aromatic rings. The van der Waals surface area contributed by atoms with Crippen LogP contribution in [0.1, 0.15) is 69.5 Å². The van der Waals surface area contributed by atoms with Crippen molar-refractivity contribution < 1.29 is 14.3 Å². The summed E-state index contributed by atoms with van der Waals surface area (Å²) < 4.78 is 11.6. The number of amides is 2. The predicted molar refractivity (Wildman–Crippen MR) is 133 cm³/mol. The lowest BCUT2D eigenvalue weighted by molar-refractivity contribution is -0.0187. The summed E-state index contributed by atoms with van der Waals surface area (Å²) >= 11 is 0. The van der Waals surface area contributed by atoms with E-state index in [9.17, 15) is 4.79 Å². The Labute approximate surface area is 200 Å². The number of carbonyl (C=O) groups excluding carboxylic acids is 1. The highest BCUT2D eigenvalue weighted by molar-refractivity contribution is 5.74. The number of nitrogens with two attached hydrogens (primary N) is 1. The van der Waals surface area contributed by atoms with Gasteiger partial charge in [-0.25, -0.2) is 4.79 Å². The zero-order valence-corrected chi connectivity index (χ0v) is 20.8. The summed E-state index contributed by atoms with van der Waals surface area (Å²) in [7, 11) is 3.67. The van der Waals surface area contributed by atoms with Crippen molar-refractivity contribution >= 4 is 6.03 Å². The third kappa shape index (κ3) is 7.69. The zero-order chi connectivity index (χ0) is 23.5. The minimum absolute atomic E-state index is 0.00323. The summed E-state index contributed by atoms with van der Waals surface area (Å²) in [5.41, 5.74) is 7.34. The van der Waals surface area contributed by atoms with Gasteiger partial charge in [-0.1, -0.05) is 62.4 Å². The molecule has 0 aromatic heterocycles. The molecule has 186 valence electrons. The van der Waals surface area contributed by atoms with Crippen molar-refractivity contribution in [2.75, 3.05) is 47.0 Å². The number of piperidine rings is 1. The third-order valence-electron chi connectivity index (χ3n) is 7.53. The predicted octanol–water partition coefficient (Wildman–Crippen LogP) is 4.84. The Morgan fingerprint density at radius 3 is 2.58 bits per heavy atom. The third-order valence-corrected chi connectivity index (χ3v) is 7.53. The van der Waals surface area contributed by atoms with Gasteiger partial charge in [0.05, 0.1) is 6.10 Å². The molecule has 0 radical (unpaired) electrons. The second-order valence-corrected chi connectivity index (χ2v) is 9.92. The number of benzene rings is 1. The average Bonchev–Trinajstić information content (AvgIpc) is 2.87. The Bertz CT molecular complexity index is 680. The number of likely N-dealkylation sites (N-methyl/N-ethyl adjacent to an activating group) is 1. The Morgan fingerprint density at radius 2 is 1.88 bits per heavy atom. The number of hydrogen-bond donors (Lipinski definition) is 1. The highest BCUT2D eigenvalue weighted by Gasteiger charge is 2.34. The van der Waals surface area contributed by atoms with Crippen LogP contribution < -0.4 is 5.73 Å². The minimum Gasteiger partial charge on any atom is -0.385 e. The topological polar surface area (TPSA) is 68.0 Å². The van der Waals surface area contributed by atoms with Crippen LogP contribution in [0.3, 0.4) is 0 Å². The van der Waals surface area contributed by atoms with Gasteiger partial charge in [-0.2, -0.15) is 0 Å². The number of likely N-dealkylation sites (tertiary alicyclic amines) is 1. The summed E-state index contributed by atoms with van der Waals surface area (Å²) in [6, 6.07) is 10.7. The first-order chi connectivity index (χ1) is 16.1. The Morgan fingerprint density at radius 1 is 1.12 bits per heavy atom. The van der Waals surface area contributed by atoms with Crippen LogP contribution >= 0.6 is 0 Å². The van der Waals surface area contributed by atoms with E-state index in [-0.39, 0.29) is 24.1 Å². The van der Waals surface area contributed by atoms with Crippen LogP contribution in [0.25, 0.3) is 0 Å². The van der Waals surface area contributed by atoms with Gasteiger partial charge < -0.3 is 25.0 Å². The van der Waals surface area contributed by atoms with Crippen LogP contribution in [0.5, 0.6) is 0 Å². The first kappa shape index (κ1) is 26.0. The fourth-order valence-corrected chi connectivity index (χ4v) is 5.59. The van der Waals surface area contributed by atoms with Gasteiger partial charge in [-0.3, -0.25) is 0 Å². The summed E-state index contributed by atoms with van der Waals surface area (Å²) in [5, 5.41) is 0. The van der Waals surface area contributed by atoms with E-state index in [4.69, 9.17) is 15.2 Å². The Kier molecular flexibility index (Phi) is 11.0. The molecule has 1 aliphatic heterocycles. The number of urea groups is 1. The lowest BCUT2D eigenvalue weighted by atomic mass is 9.84. The molecular formula is C27H45N3O3. The number of hydrogen-bond acceptors (Lipinski definition) is 4. The molecule has 1 aromatic carbocycles. The highest BCUT2D eigenvalue weighted by Crippen LogP contribution is 2.34. The van der Waals surface area contributed by atoms with E-state index in [1.807, 2.05) is 22.9 Å². The van der Waals surface area contributed by atoms with Crippen LogP contribution in [0, 0.1) is 11.8 Å². The van der Waals surface area contributed by atoms with E-state index in [1.165, 1.54) is 37.7 Å². The van der Waals surface area contributed by atoms with E-state index in [1.54, 1.807) is 7.11 Å². The first-order valence-electron chi connectivity index (χ1n) is 13.0.